The first-order chi connectivity index (χ1) is 9.57. The third-order valence-electron chi connectivity index (χ3n) is 3.56. The van der Waals surface area contributed by atoms with Crippen molar-refractivity contribution in [3.05, 3.63) is 0 Å². The summed E-state index contributed by atoms with van der Waals surface area (Å²) in [6.07, 6.45) is -0.816. The molecule has 0 aliphatic carbocycles. The van der Waals surface area contributed by atoms with Crippen LogP contribution in [0.3, 0.4) is 0 Å². The van der Waals surface area contributed by atoms with Crippen LogP contribution in [0.5, 0.6) is 0 Å². The molecule has 1 fully saturated rings. The van der Waals surface area contributed by atoms with Gasteiger partial charge in [-0.2, -0.15) is 0 Å². The Kier molecular flexibility index (Phi) is 3.12. The Morgan fingerprint density at radius 3 is 1.43 bits per heavy atom. The fourth-order valence-corrected chi connectivity index (χ4v) is 2.64. The summed E-state index contributed by atoms with van der Waals surface area (Å²) in [6.45, 7) is 13.0. The van der Waals surface area contributed by atoms with Gasteiger partial charge in [0.25, 0.3) is 0 Å². The smallest absolute Gasteiger partial charge is 0.217 e. The number of hydrogen-bond donors (Lipinski definition) is 0. The summed E-state index contributed by atoms with van der Waals surface area (Å²) < 4.78 is 23.4. The molecule has 3 aliphatic heterocycles. The molecular formula is C15H24N2O4. The average Bonchev–Trinajstić information content (AvgIpc) is 2.94. The van der Waals surface area contributed by atoms with E-state index in [0.717, 1.165) is 0 Å². The maximum absolute atomic E-state index is 5.98. The first kappa shape index (κ1) is 14.8. The van der Waals surface area contributed by atoms with Crippen molar-refractivity contribution in [3.8, 4) is 0 Å². The van der Waals surface area contributed by atoms with Crippen molar-refractivity contribution in [1.82, 2.24) is 0 Å². The Morgan fingerprint density at radius 2 is 1.14 bits per heavy atom. The summed E-state index contributed by atoms with van der Waals surface area (Å²) in [5.74, 6) is 0.435. The van der Waals surface area contributed by atoms with E-state index in [9.17, 15) is 0 Å². The van der Waals surface area contributed by atoms with E-state index in [1.165, 1.54) is 0 Å². The largest absolute Gasteiger partial charge is 0.476 e. The van der Waals surface area contributed by atoms with E-state index >= 15 is 0 Å². The quantitative estimate of drug-likeness (QED) is 0.781. The molecule has 118 valence electrons. The van der Waals surface area contributed by atoms with Gasteiger partial charge in [-0.25, -0.2) is 9.98 Å². The van der Waals surface area contributed by atoms with Gasteiger partial charge in [0.15, 0.2) is 18.0 Å². The molecule has 6 nitrogen and oxygen atoms in total. The molecule has 0 aromatic rings. The monoisotopic (exact) mass is 296 g/mol. The van der Waals surface area contributed by atoms with Gasteiger partial charge in [-0.05, 0) is 41.5 Å². The van der Waals surface area contributed by atoms with Crippen molar-refractivity contribution >= 4 is 11.8 Å². The van der Waals surface area contributed by atoms with Gasteiger partial charge in [0.2, 0.25) is 11.8 Å². The normalized spacial score (nSPS) is 35.9. The number of hydrogen-bond acceptors (Lipinski definition) is 6. The molecule has 0 spiro atoms. The molecular weight excluding hydrogens is 272 g/mol. The van der Waals surface area contributed by atoms with Crippen LogP contribution in [0.1, 0.15) is 41.5 Å². The number of nitrogens with zero attached hydrogens (tertiary/aromatic N) is 2. The maximum Gasteiger partial charge on any atom is 0.217 e. The summed E-state index contributed by atoms with van der Waals surface area (Å²) in [5.41, 5.74) is -0.457. The van der Waals surface area contributed by atoms with E-state index in [4.69, 9.17) is 18.9 Å². The second kappa shape index (κ2) is 4.43. The molecule has 0 saturated carbocycles. The molecule has 1 saturated heterocycles. The minimum absolute atomic E-state index is 0.229. The van der Waals surface area contributed by atoms with Crippen LogP contribution in [0.4, 0.5) is 0 Å². The molecule has 6 heteroatoms. The zero-order chi connectivity index (χ0) is 15.5. The molecule has 0 unspecified atom stereocenters. The molecule has 0 aromatic carbocycles. The Labute approximate surface area is 125 Å². The van der Waals surface area contributed by atoms with Gasteiger partial charge in [-0.1, -0.05) is 0 Å². The molecule has 0 bridgehead atoms. The highest BCUT2D eigenvalue weighted by Crippen LogP contribution is 2.35. The minimum Gasteiger partial charge on any atom is -0.476 e. The molecule has 0 N–H and O–H groups in total. The third kappa shape index (κ3) is 2.92. The highest BCUT2D eigenvalue weighted by molar-refractivity contribution is 5.93. The maximum atomic E-state index is 5.98. The van der Waals surface area contributed by atoms with Crippen molar-refractivity contribution in [2.45, 2.75) is 70.6 Å². The zero-order valence-corrected chi connectivity index (χ0v) is 13.6. The molecule has 0 radical (unpaired) electrons. The Morgan fingerprint density at radius 1 is 0.762 bits per heavy atom. The SMILES string of the molecule is CC1(C)COC([C@@H]2OC(C)(C)O[C@H]2C2=NC(C)(C)CO2)=N1. The lowest BCUT2D eigenvalue weighted by Gasteiger charge is -2.16. The van der Waals surface area contributed by atoms with Crippen molar-refractivity contribution in [2.24, 2.45) is 9.98 Å². The standard InChI is InChI=1S/C15H24N2O4/c1-13(2)7-18-11(16-13)9-10(21-15(5,6)20-9)12-17-14(3,4)8-19-12/h9-10H,7-8H2,1-6H3/t9-,10-/m1/s1. The Balaban J connectivity index is 1.88. The average molecular weight is 296 g/mol. The number of rotatable bonds is 2. The van der Waals surface area contributed by atoms with Gasteiger partial charge >= 0.3 is 0 Å². The van der Waals surface area contributed by atoms with E-state index in [1.807, 2.05) is 41.5 Å². The first-order valence-corrected chi connectivity index (χ1v) is 7.38. The van der Waals surface area contributed by atoms with E-state index in [0.29, 0.717) is 25.0 Å². The summed E-state index contributed by atoms with van der Waals surface area (Å²) in [4.78, 5) is 9.21. The summed E-state index contributed by atoms with van der Waals surface area (Å²) in [6, 6.07) is 0. The van der Waals surface area contributed by atoms with Gasteiger partial charge in [0, 0.05) is 0 Å². The highest BCUT2D eigenvalue weighted by atomic mass is 16.8. The van der Waals surface area contributed by atoms with Gasteiger partial charge in [-0.15, -0.1) is 0 Å². The van der Waals surface area contributed by atoms with Crippen molar-refractivity contribution in [3.63, 3.8) is 0 Å². The van der Waals surface area contributed by atoms with Crippen LogP contribution in [-0.2, 0) is 18.9 Å². The molecule has 3 heterocycles. The van der Waals surface area contributed by atoms with Crippen LogP contribution < -0.4 is 0 Å². The molecule has 0 amide bonds. The van der Waals surface area contributed by atoms with Gasteiger partial charge < -0.3 is 18.9 Å². The second-order valence-corrected chi connectivity index (χ2v) is 7.58. The predicted octanol–water partition coefficient (Wildman–Crippen LogP) is 1.92. The van der Waals surface area contributed by atoms with E-state index < -0.39 is 18.0 Å². The first-order valence-electron chi connectivity index (χ1n) is 7.38. The predicted molar refractivity (Wildman–Crippen MR) is 78.8 cm³/mol. The van der Waals surface area contributed by atoms with Gasteiger partial charge in [0.1, 0.15) is 13.2 Å². The Bertz CT molecular complexity index is 464. The van der Waals surface area contributed by atoms with E-state index in [-0.39, 0.29) is 11.1 Å². The number of aliphatic imine (C=N–C) groups is 2. The molecule has 21 heavy (non-hydrogen) atoms. The van der Waals surface area contributed by atoms with E-state index in [2.05, 4.69) is 9.98 Å². The molecule has 3 rings (SSSR count). The third-order valence-corrected chi connectivity index (χ3v) is 3.56. The Hall–Kier alpha value is -1.14. The fourth-order valence-electron chi connectivity index (χ4n) is 2.64. The highest BCUT2D eigenvalue weighted by Gasteiger charge is 2.51. The fraction of sp³-hybridized carbons (Fsp3) is 0.867. The van der Waals surface area contributed by atoms with Gasteiger partial charge in [0.05, 0.1) is 11.1 Å². The summed E-state index contributed by atoms with van der Waals surface area (Å²) in [5, 5.41) is 0. The van der Waals surface area contributed by atoms with Crippen LogP contribution in [0.25, 0.3) is 0 Å². The van der Waals surface area contributed by atoms with Crippen molar-refractivity contribution < 1.29 is 18.9 Å². The van der Waals surface area contributed by atoms with Crippen LogP contribution in [-0.4, -0.2) is 54.1 Å². The van der Waals surface area contributed by atoms with Crippen LogP contribution >= 0.6 is 0 Å². The van der Waals surface area contributed by atoms with Crippen molar-refractivity contribution in [1.29, 1.82) is 0 Å². The minimum atomic E-state index is -0.716. The van der Waals surface area contributed by atoms with Crippen LogP contribution in [0.15, 0.2) is 9.98 Å². The molecule has 2 atom stereocenters. The molecule has 0 aromatic heterocycles. The van der Waals surface area contributed by atoms with Crippen molar-refractivity contribution in [2.75, 3.05) is 13.2 Å². The lowest BCUT2D eigenvalue weighted by Crippen LogP contribution is -2.37. The lowest BCUT2D eigenvalue weighted by molar-refractivity contribution is -0.138. The van der Waals surface area contributed by atoms with E-state index in [1.54, 1.807) is 0 Å². The molecule has 3 aliphatic rings. The topological polar surface area (TPSA) is 61.6 Å². The summed E-state index contributed by atoms with van der Waals surface area (Å²) >= 11 is 0. The number of ether oxygens (including phenoxy) is 4. The van der Waals surface area contributed by atoms with Crippen LogP contribution in [0, 0.1) is 0 Å². The zero-order valence-electron chi connectivity index (χ0n) is 13.6. The second-order valence-electron chi connectivity index (χ2n) is 7.58. The van der Waals surface area contributed by atoms with Crippen LogP contribution in [0.2, 0.25) is 0 Å². The summed E-state index contributed by atoms with van der Waals surface area (Å²) in [7, 11) is 0. The van der Waals surface area contributed by atoms with Gasteiger partial charge in [-0.3, -0.25) is 0 Å². The lowest BCUT2D eigenvalue weighted by atomic mass is 10.1.